The van der Waals surface area contributed by atoms with E-state index in [0.717, 1.165) is 13.1 Å². The average Bonchev–Trinajstić information content (AvgIpc) is 3.25. The van der Waals surface area contributed by atoms with Crippen LogP contribution in [0.15, 0.2) is 91.0 Å². The van der Waals surface area contributed by atoms with Crippen molar-refractivity contribution in [2.45, 2.75) is 37.7 Å². The number of rotatable bonds is 4. The molecular formula is C25H26N2O. The highest BCUT2D eigenvalue weighted by Gasteiger charge is 2.46. The Morgan fingerprint density at radius 2 is 1.36 bits per heavy atom. The second-order valence-electron chi connectivity index (χ2n) is 7.73. The molecule has 3 nitrogen and oxygen atoms in total. The number of hydroxylamine groups is 2. The predicted molar refractivity (Wildman–Crippen MR) is 111 cm³/mol. The smallest absolute Gasteiger partial charge is 0.158 e. The maximum atomic E-state index is 6.72. The van der Waals surface area contributed by atoms with Gasteiger partial charge in [-0.2, -0.15) is 5.06 Å². The number of hydrogen-bond donors (Lipinski definition) is 0. The molecule has 0 saturated carbocycles. The minimum atomic E-state index is -0.0163. The zero-order valence-corrected chi connectivity index (χ0v) is 16.0. The van der Waals surface area contributed by atoms with Gasteiger partial charge in [-0.1, -0.05) is 91.0 Å². The van der Waals surface area contributed by atoms with Crippen LogP contribution in [0.3, 0.4) is 0 Å². The van der Waals surface area contributed by atoms with Gasteiger partial charge in [-0.3, -0.25) is 9.74 Å². The molecule has 2 aliphatic rings. The Kier molecular flexibility index (Phi) is 4.96. The van der Waals surface area contributed by atoms with Gasteiger partial charge in [0.15, 0.2) is 6.23 Å². The van der Waals surface area contributed by atoms with Crippen molar-refractivity contribution < 1.29 is 4.84 Å². The van der Waals surface area contributed by atoms with Gasteiger partial charge in [0, 0.05) is 19.1 Å². The first kappa shape index (κ1) is 17.6. The topological polar surface area (TPSA) is 15.7 Å². The fraction of sp³-hybridized carbons (Fsp3) is 0.280. The van der Waals surface area contributed by atoms with Crippen molar-refractivity contribution in [3.05, 3.63) is 108 Å². The van der Waals surface area contributed by atoms with Gasteiger partial charge in [0.25, 0.3) is 0 Å². The second kappa shape index (κ2) is 7.88. The van der Waals surface area contributed by atoms with E-state index in [-0.39, 0.29) is 12.3 Å². The fourth-order valence-electron chi connectivity index (χ4n) is 4.70. The van der Waals surface area contributed by atoms with Crippen LogP contribution in [0.4, 0.5) is 0 Å². The highest BCUT2D eigenvalue weighted by atomic mass is 16.7. The van der Waals surface area contributed by atoms with Crippen molar-refractivity contribution in [2.24, 2.45) is 0 Å². The van der Waals surface area contributed by atoms with E-state index in [0.29, 0.717) is 6.04 Å². The normalized spacial score (nSPS) is 25.5. The molecule has 28 heavy (non-hydrogen) atoms. The Morgan fingerprint density at radius 3 is 2.04 bits per heavy atom. The molecule has 3 atom stereocenters. The molecule has 0 spiro atoms. The van der Waals surface area contributed by atoms with Gasteiger partial charge in [0.1, 0.15) is 0 Å². The summed E-state index contributed by atoms with van der Waals surface area (Å²) in [5, 5.41) is 2.23. The first-order valence-electron chi connectivity index (χ1n) is 10.2. The van der Waals surface area contributed by atoms with Crippen molar-refractivity contribution in [2.75, 3.05) is 6.54 Å². The number of nitrogens with zero attached hydrogens (tertiary/aromatic N) is 2. The Balaban J connectivity index is 1.53. The number of hydrogen-bond acceptors (Lipinski definition) is 3. The van der Waals surface area contributed by atoms with E-state index in [1.165, 1.54) is 29.5 Å². The van der Waals surface area contributed by atoms with Crippen molar-refractivity contribution in [1.82, 2.24) is 9.96 Å². The standard InChI is InChI=1S/C25H26N2O/c1-4-11-20(12-5-1)19-27-24(21-13-6-2-7-14-21)23-17-10-18-26(23)25(28-27)22-15-8-3-9-16-22/h1-9,11-16,23-25H,10,17-19H2/t23-,24-,25?/m0/s1. The third kappa shape index (κ3) is 3.37. The van der Waals surface area contributed by atoms with Crippen molar-refractivity contribution in [3.63, 3.8) is 0 Å². The van der Waals surface area contributed by atoms with Crippen molar-refractivity contribution >= 4 is 0 Å². The molecule has 3 aromatic carbocycles. The Bertz CT molecular complexity index is 884. The minimum absolute atomic E-state index is 0.0163. The summed E-state index contributed by atoms with van der Waals surface area (Å²) in [5.41, 5.74) is 3.85. The van der Waals surface area contributed by atoms with Gasteiger partial charge in [-0.25, -0.2) is 0 Å². The Morgan fingerprint density at radius 1 is 0.750 bits per heavy atom. The Hall–Kier alpha value is -2.46. The lowest BCUT2D eigenvalue weighted by Crippen LogP contribution is -2.52. The highest BCUT2D eigenvalue weighted by molar-refractivity contribution is 5.25. The molecule has 2 fully saturated rings. The molecule has 0 aliphatic carbocycles. The lowest BCUT2D eigenvalue weighted by Gasteiger charge is -2.48. The summed E-state index contributed by atoms with van der Waals surface area (Å²) < 4.78 is 0. The molecule has 0 aromatic heterocycles. The van der Waals surface area contributed by atoms with Crippen LogP contribution < -0.4 is 0 Å². The third-order valence-electron chi connectivity index (χ3n) is 5.96. The summed E-state index contributed by atoms with van der Waals surface area (Å²) in [6, 6.07) is 32.9. The van der Waals surface area contributed by atoms with E-state index < -0.39 is 0 Å². The first-order chi connectivity index (χ1) is 13.9. The zero-order chi connectivity index (χ0) is 18.8. The number of benzene rings is 3. The summed E-state index contributed by atoms with van der Waals surface area (Å²) >= 11 is 0. The summed E-state index contributed by atoms with van der Waals surface area (Å²) in [4.78, 5) is 9.28. The summed E-state index contributed by atoms with van der Waals surface area (Å²) in [6.07, 6.45) is 2.41. The van der Waals surface area contributed by atoms with Crippen LogP contribution in [0.25, 0.3) is 0 Å². The molecule has 0 radical (unpaired) electrons. The zero-order valence-electron chi connectivity index (χ0n) is 16.0. The van der Waals surface area contributed by atoms with Crippen molar-refractivity contribution in [3.8, 4) is 0 Å². The highest BCUT2D eigenvalue weighted by Crippen LogP contribution is 2.45. The maximum Gasteiger partial charge on any atom is 0.158 e. The van der Waals surface area contributed by atoms with Crippen LogP contribution in [0, 0.1) is 0 Å². The molecule has 0 N–H and O–H groups in total. The molecule has 0 amide bonds. The second-order valence-corrected chi connectivity index (χ2v) is 7.73. The van der Waals surface area contributed by atoms with Crippen LogP contribution >= 0.6 is 0 Å². The summed E-state index contributed by atoms with van der Waals surface area (Å²) in [7, 11) is 0. The fourth-order valence-corrected chi connectivity index (χ4v) is 4.70. The van der Waals surface area contributed by atoms with Crippen LogP contribution in [0.2, 0.25) is 0 Å². The monoisotopic (exact) mass is 370 g/mol. The first-order valence-corrected chi connectivity index (χ1v) is 10.2. The van der Waals surface area contributed by atoms with Gasteiger partial charge in [0.2, 0.25) is 0 Å². The maximum absolute atomic E-state index is 6.72. The van der Waals surface area contributed by atoms with E-state index in [4.69, 9.17) is 4.84 Å². The van der Waals surface area contributed by atoms with E-state index >= 15 is 0 Å². The predicted octanol–water partition coefficient (Wildman–Crippen LogP) is 5.34. The van der Waals surface area contributed by atoms with Crippen LogP contribution in [-0.2, 0) is 11.4 Å². The van der Waals surface area contributed by atoms with E-state index in [2.05, 4.69) is 101 Å². The lowest BCUT2D eigenvalue weighted by molar-refractivity contribution is -0.318. The van der Waals surface area contributed by atoms with Crippen LogP contribution in [0.5, 0.6) is 0 Å². The minimum Gasteiger partial charge on any atom is -0.274 e. The molecule has 5 rings (SSSR count). The quantitative estimate of drug-likeness (QED) is 0.617. The molecule has 1 unspecified atom stereocenters. The molecule has 3 aromatic rings. The summed E-state index contributed by atoms with van der Waals surface area (Å²) in [6.45, 7) is 1.88. The SMILES string of the molecule is c1ccc(CN2OC(c3ccccc3)N3CCC[C@H]3[C@@H]2c2ccccc2)cc1. The average molecular weight is 370 g/mol. The molecule has 0 bridgehead atoms. The van der Waals surface area contributed by atoms with Gasteiger partial charge >= 0.3 is 0 Å². The summed E-state index contributed by atoms with van der Waals surface area (Å²) in [5.74, 6) is 0. The van der Waals surface area contributed by atoms with Crippen LogP contribution in [-0.4, -0.2) is 22.5 Å². The third-order valence-corrected chi connectivity index (χ3v) is 5.96. The van der Waals surface area contributed by atoms with Gasteiger partial charge in [-0.05, 0) is 29.5 Å². The molecular weight excluding hydrogens is 344 g/mol. The lowest BCUT2D eigenvalue weighted by atomic mass is 9.95. The largest absolute Gasteiger partial charge is 0.274 e. The van der Waals surface area contributed by atoms with Gasteiger partial charge in [0.05, 0.1) is 6.04 Å². The van der Waals surface area contributed by atoms with Crippen molar-refractivity contribution in [1.29, 1.82) is 0 Å². The molecule has 2 saturated heterocycles. The number of fused-ring (bicyclic) bond motifs is 1. The van der Waals surface area contributed by atoms with E-state index in [9.17, 15) is 0 Å². The van der Waals surface area contributed by atoms with E-state index in [1.54, 1.807) is 0 Å². The van der Waals surface area contributed by atoms with Crippen LogP contribution in [0.1, 0.15) is 41.8 Å². The molecule has 142 valence electrons. The molecule has 3 heteroatoms. The Labute approximate surface area is 167 Å². The van der Waals surface area contributed by atoms with E-state index in [1.807, 2.05) is 0 Å². The van der Waals surface area contributed by atoms with Gasteiger partial charge < -0.3 is 0 Å². The molecule has 2 heterocycles. The molecule has 2 aliphatic heterocycles. The van der Waals surface area contributed by atoms with Gasteiger partial charge in [-0.15, -0.1) is 0 Å².